The van der Waals surface area contributed by atoms with Gasteiger partial charge in [-0.1, -0.05) is 12.2 Å². The van der Waals surface area contributed by atoms with E-state index in [0.29, 0.717) is 6.54 Å². The zero-order valence-electron chi connectivity index (χ0n) is 15.4. The summed E-state index contributed by atoms with van der Waals surface area (Å²) in [6.45, 7) is 10.0. The number of hydrogen-bond acceptors (Lipinski definition) is 4. The summed E-state index contributed by atoms with van der Waals surface area (Å²) in [7, 11) is 0. The standard InChI is InChI=1S/C18H26N6O.HI/c1-13(2)11-20-18(19-9-8-16-5-4-10-25-16)22-15-6-7-17-21-14(3)23-24(17)12-15;/h4-5,10,15H,1,6-9,11-12H2,2-3H3,(H2,19,20,22);1H. The lowest BCUT2D eigenvalue weighted by Crippen LogP contribution is -2.47. The Balaban J connectivity index is 0.00000243. The Morgan fingerprint density at radius 1 is 1.50 bits per heavy atom. The van der Waals surface area contributed by atoms with Gasteiger partial charge in [0.2, 0.25) is 0 Å². The SMILES string of the molecule is C=C(C)CN=C(NCCc1ccco1)NC1CCc2nc(C)nn2C1.I. The molecule has 7 nitrogen and oxygen atoms in total. The van der Waals surface area contributed by atoms with Gasteiger partial charge in [0.1, 0.15) is 17.4 Å². The minimum absolute atomic E-state index is 0. The highest BCUT2D eigenvalue weighted by atomic mass is 127. The second kappa shape index (κ2) is 9.75. The van der Waals surface area contributed by atoms with Gasteiger partial charge in [0.05, 0.1) is 19.4 Å². The maximum absolute atomic E-state index is 5.37. The fraction of sp³-hybridized carbons (Fsp3) is 0.500. The third kappa shape index (κ3) is 5.86. The van der Waals surface area contributed by atoms with Crippen molar-refractivity contribution in [2.24, 2.45) is 4.99 Å². The number of nitrogens with zero attached hydrogens (tertiary/aromatic N) is 4. The van der Waals surface area contributed by atoms with Gasteiger partial charge < -0.3 is 15.1 Å². The molecular formula is C18H27IN6O. The van der Waals surface area contributed by atoms with Gasteiger partial charge in [0.15, 0.2) is 5.96 Å². The highest BCUT2D eigenvalue weighted by molar-refractivity contribution is 14.0. The average molecular weight is 470 g/mol. The zero-order valence-corrected chi connectivity index (χ0v) is 17.7. The van der Waals surface area contributed by atoms with Crippen molar-refractivity contribution in [3.63, 3.8) is 0 Å². The van der Waals surface area contributed by atoms with Crippen LogP contribution in [0.2, 0.25) is 0 Å². The number of guanidine groups is 1. The third-order valence-electron chi connectivity index (χ3n) is 4.06. The molecule has 1 atom stereocenters. The van der Waals surface area contributed by atoms with Crippen LogP contribution < -0.4 is 10.6 Å². The molecule has 2 N–H and O–H groups in total. The average Bonchev–Trinajstić information content (AvgIpc) is 3.20. The Kier molecular flexibility index (Phi) is 7.67. The molecule has 0 radical (unpaired) electrons. The van der Waals surface area contributed by atoms with Gasteiger partial charge in [-0.15, -0.1) is 24.0 Å². The van der Waals surface area contributed by atoms with Crippen molar-refractivity contribution in [3.05, 3.63) is 48.0 Å². The molecular weight excluding hydrogens is 443 g/mol. The van der Waals surface area contributed by atoms with Crippen LogP contribution in [0.3, 0.4) is 0 Å². The molecule has 0 aromatic carbocycles. The topological polar surface area (TPSA) is 80.3 Å². The van der Waals surface area contributed by atoms with Crippen LogP contribution >= 0.6 is 24.0 Å². The molecule has 3 rings (SSSR count). The molecule has 3 heterocycles. The predicted molar refractivity (Wildman–Crippen MR) is 113 cm³/mol. The maximum Gasteiger partial charge on any atom is 0.191 e. The van der Waals surface area contributed by atoms with E-state index in [-0.39, 0.29) is 30.0 Å². The highest BCUT2D eigenvalue weighted by Crippen LogP contribution is 2.12. The van der Waals surface area contributed by atoms with Gasteiger partial charge in [0, 0.05) is 25.4 Å². The molecule has 0 bridgehead atoms. The van der Waals surface area contributed by atoms with Crippen molar-refractivity contribution in [2.45, 2.75) is 45.7 Å². The molecule has 0 saturated carbocycles. The lowest BCUT2D eigenvalue weighted by molar-refractivity contribution is 0.392. The van der Waals surface area contributed by atoms with E-state index in [0.717, 1.165) is 61.3 Å². The summed E-state index contributed by atoms with van der Waals surface area (Å²) in [5, 5.41) is 11.4. The molecule has 2 aromatic heterocycles. The van der Waals surface area contributed by atoms with E-state index >= 15 is 0 Å². The number of aromatic nitrogens is 3. The van der Waals surface area contributed by atoms with Crippen LogP contribution in [-0.2, 0) is 19.4 Å². The van der Waals surface area contributed by atoms with Gasteiger partial charge >= 0.3 is 0 Å². The quantitative estimate of drug-likeness (QED) is 0.294. The van der Waals surface area contributed by atoms with Crippen LogP contribution in [0.15, 0.2) is 40.0 Å². The van der Waals surface area contributed by atoms with Crippen molar-refractivity contribution in [3.8, 4) is 0 Å². The Labute approximate surface area is 171 Å². The van der Waals surface area contributed by atoms with Gasteiger partial charge in [-0.2, -0.15) is 5.10 Å². The summed E-state index contributed by atoms with van der Waals surface area (Å²) >= 11 is 0. The lowest BCUT2D eigenvalue weighted by Gasteiger charge is -2.25. The summed E-state index contributed by atoms with van der Waals surface area (Å²) in [5.41, 5.74) is 1.03. The Morgan fingerprint density at radius 2 is 2.35 bits per heavy atom. The van der Waals surface area contributed by atoms with Gasteiger partial charge in [-0.05, 0) is 32.4 Å². The molecule has 0 spiro atoms. The molecule has 0 aliphatic carbocycles. The largest absolute Gasteiger partial charge is 0.469 e. The smallest absolute Gasteiger partial charge is 0.191 e. The Bertz CT molecular complexity index is 737. The minimum Gasteiger partial charge on any atom is -0.469 e. The number of halogens is 1. The first-order chi connectivity index (χ1) is 12.1. The monoisotopic (exact) mass is 470 g/mol. The summed E-state index contributed by atoms with van der Waals surface area (Å²) in [6, 6.07) is 4.17. The van der Waals surface area contributed by atoms with E-state index in [9.17, 15) is 0 Å². The summed E-state index contributed by atoms with van der Waals surface area (Å²) < 4.78 is 7.37. The van der Waals surface area contributed by atoms with E-state index in [2.05, 4.69) is 32.3 Å². The molecule has 1 aliphatic rings. The van der Waals surface area contributed by atoms with Crippen LogP contribution in [0.5, 0.6) is 0 Å². The first kappa shape index (κ1) is 20.5. The molecule has 142 valence electrons. The molecule has 0 saturated heterocycles. The van der Waals surface area contributed by atoms with E-state index in [1.54, 1.807) is 6.26 Å². The van der Waals surface area contributed by atoms with Crippen LogP contribution in [0.4, 0.5) is 0 Å². The number of furan rings is 1. The van der Waals surface area contributed by atoms with Crippen LogP contribution in [-0.4, -0.2) is 39.9 Å². The number of rotatable bonds is 6. The molecule has 1 aliphatic heterocycles. The molecule has 26 heavy (non-hydrogen) atoms. The van der Waals surface area contributed by atoms with E-state index in [1.807, 2.05) is 30.7 Å². The Morgan fingerprint density at radius 3 is 3.08 bits per heavy atom. The zero-order chi connectivity index (χ0) is 17.6. The number of nitrogens with one attached hydrogen (secondary N) is 2. The third-order valence-corrected chi connectivity index (χ3v) is 4.06. The molecule has 0 amide bonds. The van der Waals surface area contributed by atoms with E-state index in [4.69, 9.17) is 4.42 Å². The van der Waals surface area contributed by atoms with Gasteiger partial charge in [0.25, 0.3) is 0 Å². The van der Waals surface area contributed by atoms with Crippen molar-refractivity contribution < 1.29 is 4.42 Å². The van der Waals surface area contributed by atoms with Gasteiger partial charge in [-0.25, -0.2) is 14.7 Å². The maximum atomic E-state index is 5.37. The van der Waals surface area contributed by atoms with E-state index in [1.165, 1.54) is 0 Å². The second-order valence-corrected chi connectivity index (χ2v) is 6.52. The normalized spacial score (nSPS) is 16.5. The number of hydrogen-bond donors (Lipinski definition) is 2. The minimum atomic E-state index is 0. The highest BCUT2D eigenvalue weighted by Gasteiger charge is 2.21. The van der Waals surface area contributed by atoms with Crippen LogP contribution in [0.1, 0.15) is 30.8 Å². The van der Waals surface area contributed by atoms with Crippen molar-refractivity contribution >= 4 is 29.9 Å². The predicted octanol–water partition coefficient (Wildman–Crippen LogP) is 2.47. The molecule has 8 heteroatoms. The molecule has 0 fully saturated rings. The molecule has 1 unspecified atom stereocenters. The number of aryl methyl sites for hydroxylation is 2. The summed E-state index contributed by atoms with van der Waals surface area (Å²) in [4.78, 5) is 9.07. The van der Waals surface area contributed by atoms with Gasteiger partial charge in [-0.3, -0.25) is 0 Å². The van der Waals surface area contributed by atoms with Crippen molar-refractivity contribution in [1.82, 2.24) is 25.4 Å². The fourth-order valence-electron chi connectivity index (χ4n) is 2.87. The first-order valence-corrected chi connectivity index (χ1v) is 8.72. The number of aliphatic imine (C=N–C) groups is 1. The number of fused-ring (bicyclic) bond motifs is 1. The van der Waals surface area contributed by atoms with Crippen LogP contribution in [0.25, 0.3) is 0 Å². The first-order valence-electron chi connectivity index (χ1n) is 8.72. The molecule has 2 aromatic rings. The van der Waals surface area contributed by atoms with Crippen LogP contribution in [0, 0.1) is 6.92 Å². The van der Waals surface area contributed by atoms with Crippen molar-refractivity contribution in [2.75, 3.05) is 13.1 Å². The van der Waals surface area contributed by atoms with Crippen molar-refractivity contribution in [1.29, 1.82) is 0 Å². The van der Waals surface area contributed by atoms with E-state index < -0.39 is 0 Å². The summed E-state index contributed by atoms with van der Waals surface area (Å²) in [6.07, 6.45) is 4.46. The lowest BCUT2D eigenvalue weighted by atomic mass is 10.1. The Hall–Kier alpha value is -1.84. The summed E-state index contributed by atoms with van der Waals surface area (Å²) in [5.74, 6) is 3.68. The fourth-order valence-corrected chi connectivity index (χ4v) is 2.87. The second-order valence-electron chi connectivity index (χ2n) is 6.52.